The molecule has 0 amide bonds. The molecule has 0 saturated carbocycles. The fraction of sp³-hybridized carbons (Fsp3) is 0.250. The van der Waals surface area contributed by atoms with Gasteiger partial charge in [-0.3, -0.25) is 4.31 Å². The van der Waals surface area contributed by atoms with E-state index in [1.807, 2.05) is 30.3 Å². The Morgan fingerprint density at radius 2 is 1.83 bits per heavy atom. The van der Waals surface area contributed by atoms with Gasteiger partial charge < -0.3 is 5.11 Å². The summed E-state index contributed by atoms with van der Waals surface area (Å²) in [5, 5.41) is 10.2. The smallest absolute Gasteiger partial charge is 0.232 e. The van der Waals surface area contributed by atoms with Crippen LogP contribution in [0.25, 0.3) is 0 Å². The molecular formula is C16H17Cl2NO3S. The number of hydrogen-bond acceptors (Lipinski definition) is 3. The van der Waals surface area contributed by atoms with E-state index in [9.17, 15) is 13.5 Å². The Hall–Kier alpha value is -1.27. The molecule has 0 fully saturated rings. The lowest BCUT2D eigenvalue weighted by Gasteiger charge is -2.24. The van der Waals surface area contributed by atoms with Gasteiger partial charge in [0.15, 0.2) is 0 Å². The Bertz CT molecular complexity index is 766. The maximum absolute atomic E-state index is 12.2. The van der Waals surface area contributed by atoms with E-state index in [0.29, 0.717) is 11.3 Å². The van der Waals surface area contributed by atoms with E-state index in [4.69, 9.17) is 23.2 Å². The second-order valence-electron chi connectivity index (χ2n) is 5.14. The van der Waals surface area contributed by atoms with E-state index in [2.05, 4.69) is 0 Å². The molecule has 2 aromatic rings. The van der Waals surface area contributed by atoms with Crippen molar-refractivity contribution in [3.8, 4) is 0 Å². The van der Waals surface area contributed by atoms with Crippen LogP contribution in [0, 0.1) is 0 Å². The quantitative estimate of drug-likeness (QED) is 0.787. The third kappa shape index (κ3) is 4.61. The molecule has 23 heavy (non-hydrogen) atoms. The summed E-state index contributed by atoms with van der Waals surface area (Å²) in [7, 11) is -3.55. The number of nitrogens with zero attached hydrogens (tertiary/aromatic N) is 1. The van der Waals surface area contributed by atoms with E-state index in [-0.39, 0.29) is 17.4 Å². The van der Waals surface area contributed by atoms with Crippen LogP contribution >= 0.6 is 23.2 Å². The van der Waals surface area contributed by atoms with E-state index in [1.54, 1.807) is 18.2 Å². The number of anilines is 1. The van der Waals surface area contributed by atoms with Gasteiger partial charge in [0, 0.05) is 0 Å². The maximum Gasteiger partial charge on any atom is 0.232 e. The van der Waals surface area contributed by atoms with Crippen LogP contribution < -0.4 is 4.31 Å². The maximum atomic E-state index is 12.2. The first-order valence-corrected chi connectivity index (χ1v) is 9.64. The molecule has 0 saturated heterocycles. The highest BCUT2D eigenvalue weighted by atomic mass is 35.5. The topological polar surface area (TPSA) is 57.6 Å². The highest BCUT2D eigenvalue weighted by molar-refractivity contribution is 7.92. The Morgan fingerprint density at radius 1 is 1.17 bits per heavy atom. The number of sulfonamides is 1. The molecular weight excluding hydrogens is 357 g/mol. The highest BCUT2D eigenvalue weighted by Gasteiger charge is 2.22. The van der Waals surface area contributed by atoms with Crippen molar-refractivity contribution in [3.63, 3.8) is 0 Å². The van der Waals surface area contributed by atoms with Gasteiger partial charge in [-0.25, -0.2) is 8.42 Å². The molecule has 7 heteroatoms. The van der Waals surface area contributed by atoms with Crippen molar-refractivity contribution in [1.82, 2.24) is 0 Å². The molecule has 0 aliphatic carbocycles. The second-order valence-corrected chi connectivity index (χ2v) is 7.76. The molecule has 1 N–H and O–H groups in total. The molecule has 0 aromatic heterocycles. The second kappa shape index (κ2) is 7.53. The summed E-state index contributed by atoms with van der Waals surface area (Å²) in [5.74, 6) is 0.0125. The molecule has 0 spiro atoms. The number of halogens is 2. The van der Waals surface area contributed by atoms with E-state index in [1.165, 1.54) is 4.31 Å². The van der Waals surface area contributed by atoms with Gasteiger partial charge in [0.25, 0.3) is 0 Å². The van der Waals surface area contributed by atoms with Gasteiger partial charge in [0.2, 0.25) is 10.0 Å². The van der Waals surface area contributed by atoms with Crippen molar-refractivity contribution in [2.75, 3.05) is 16.4 Å². The summed E-state index contributed by atoms with van der Waals surface area (Å²) < 4.78 is 25.7. The summed E-state index contributed by atoms with van der Waals surface area (Å²) in [6.45, 7) is 0.153. The van der Waals surface area contributed by atoms with Crippen LogP contribution in [0.15, 0.2) is 48.5 Å². The zero-order valence-corrected chi connectivity index (χ0v) is 14.8. The molecule has 0 unspecified atom stereocenters. The van der Waals surface area contributed by atoms with Crippen molar-refractivity contribution in [2.24, 2.45) is 0 Å². The number of aliphatic hydroxyl groups excluding tert-OH is 1. The number of aliphatic hydroxyl groups is 1. The third-order valence-corrected chi connectivity index (χ3v) is 5.08. The zero-order chi connectivity index (χ0) is 17.0. The van der Waals surface area contributed by atoms with Crippen LogP contribution in [0.2, 0.25) is 5.02 Å². The third-order valence-electron chi connectivity index (χ3n) is 3.34. The molecule has 0 aliphatic heterocycles. The minimum Gasteiger partial charge on any atom is -0.387 e. The Morgan fingerprint density at radius 3 is 2.39 bits per heavy atom. The van der Waals surface area contributed by atoms with E-state index < -0.39 is 16.1 Å². The molecule has 0 heterocycles. The standard InChI is InChI=1S/C16H17Cl2NO3S/c1-23(21,22)19(11-12-5-3-2-4-6-12)15-9-13(16(20)10-17)7-8-14(15)18/h2-9,16,20H,10-11H2,1H3/t16-/m0/s1. The van der Waals surface area contributed by atoms with Crippen molar-refractivity contribution >= 4 is 38.9 Å². The predicted molar refractivity (Wildman–Crippen MR) is 94.6 cm³/mol. The van der Waals surface area contributed by atoms with Gasteiger partial charge in [0.1, 0.15) is 0 Å². The fourth-order valence-corrected chi connectivity index (χ4v) is 3.49. The first kappa shape index (κ1) is 18.1. The van der Waals surface area contributed by atoms with Crippen molar-refractivity contribution in [1.29, 1.82) is 0 Å². The molecule has 4 nitrogen and oxygen atoms in total. The fourth-order valence-electron chi connectivity index (χ4n) is 2.15. The number of alkyl halides is 1. The number of benzene rings is 2. The monoisotopic (exact) mass is 373 g/mol. The van der Waals surface area contributed by atoms with E-state index >= 15 is 0 Å². The Labute approximate surface area is 146 Å². The first-order valence-electron chi connectivity index (χ1n) is 6.88. The Balaban J connectivity index is 2.48. The van der Waals surface area contributed by atoms with Gasteiger partial charge in [-0.1, -0.05) is 48.0 Å². The molecule has 0 bridgehead atoms. The lowest BCUT2D eigenvalue weighted by atomic mass is 10.1. The van der Waals surface area contributed by atoms with Gasteiger partial charge >= 0.3 is 0 Å². The van der Waals surface area contributed by atoms with Crippen molar-refractivity contribution in [3.05, 3.63) is 64.7 Å². The number of rotatable bonds is 6. The SMILES string of the molecule is CS(=O)(=O)N(Cc1ccccc1)c1cc([C@@H](O)CCl)ccc1Cl. The van der Waals surface area contributed by atoms with Crippen LogP contribution in [0.4, 0.5) is 5.69 Å². The first-order chi connectivity index (χ1) is 10.8. The molecule has 2 rings (SSSR count). The van der Waals surface area contributed by atoms with Gasteiger partial charge in [-0.15, -0.1) is 11.6 Å². The zero-order valence-electron chi connectivity index (χ0n) is 12.5. The lowest BCUT2D eigenvalue weighted by molar-refractivity contribution is 0.202. The molecule has 124 valence electrons. The van der Waals surface area contributed by atoms with Crippen LogP contribution in [-0.2, 0) is 16.6 Å². The molecule has 0 aliphatic rings. The van der Waals surface area contributed by atoms with Gasteiger partial charge in [-0.05, 0) is 23.3 Å². The lowest BCUT2D eigenvalue weighted by Crippen LogP contribution is -2.29. The normalized spacial score (nSPS) is 12.9. The minimum absolute atomic E-state index is 0.0125. The van der Waals surface area contributed by atoms with Crippen molar-refractivity contribution in [2.45, 2.75) is 12.6 Å². The minimum atomic E-state index is -3.55. The van der Waals surface area contributed by atoms with E-state index in [0.717, 1.165) is 11.8 Å². The van der Waals surface area contributed by atoms with Gasteiger partial charge in [0.05, 0.1) is 35.5 Å². The molecule has 1 atom stereocenters. The summed E-state index contributed by atoms with van der Waals surface area (Å²) in [6.07, 6.45) is 0.238. The average Bonchev–Trinajstić information content (AvgIpc) is 2.52. The summed E-state index contributed by atoms with van der Waals surface area (Å²) in [5.41, 5.74) is 1.66. The molecule has 0 radical (unpaired) electrons. The summed E-state index contributed by atoms with van der Waals surface area (Å²) in [6, 6.07) is 14.0. The predicted octanol–water partition coefficient (Wildman–Crippen LogP) is 3.58. The highest BCUT2D eigenvalue weighted by Crippen LogP contribution is 2.32. The average molecular weight is 374 g/mol. The Kier molecular flexibility index (Phi) is 5.92. The van der Waals surface area contributed by atoms with Crippen molar-refractivity contribution < 1.29 is 13.5 Å². The van der Waals surface area contributed by atoms with Crippen LogP contribution in [0.1, 0.15) is 17.2 Å². The number of hydrogen-bond donors (Lipinski definition) is 1. The van der Waals surface area contributed by atoms with Gasteiger partial charge in [-0.2, -0.15) is 0 Å². The van der Waals surface area contributed by atoms with Crippen LogP contribution in [0.3, 0.4) is 0 Å². The largest absolute Gasteiger partial charge is 0.387 e. The summed E-state index contributed by atoms with van der Waals surface area (Å²) >= 11 is 11.9. The van der Waals surface area contributed by atoms with Crippen LogP contribution in [0.5, 0.6) is 0 Å². The summed E-state index contributed by atoms with van der Waals surface area (Å²) in [4.78, 5) is 0. The van der Waals surface area contributed by atoms with Crippen LogP contribution in [-0.4, -0.2) is 25.7 Å². The molecule has 2 aromatic carbocycles.